The zero-order valence-corrected chi connectivity index (χ0v) is 10.5. The summed E-state index contributed by atoms with van der Waals surface area (Å²) < 4.78 is 16.8. The molecule has 96 valence electrons. The lowest BCUT2D eigenvalue weighted by molar-refractivity contribution is -0.105. The molecular formula is C12H21BO4. The summed E-state index contributed by atoms with van der Waals surface area (Å²) >= 11 is 0. The van der Waals surface area contributed by atoms with Gasteiger partial charge in [-0.1, -0.05) is 6.92 Å². The molecule has 6 atom stereocenters. The highest BCUT2D eigenvalue weighted by molar-refractivity contribution is 6.11. The van der Waals surface area contributed by atoms with Crippen molar-refractivity contribution < 1.29 is 19.3 Å². The zero-order valence-electron chi connectivity index (χ0n) is 10.5. The molecule has 2 radical (unpaired) electrons. The van der Waals surface area contributed by atoms with Gasteiger partial charge in [-0.3, -0.25) is 0 Å². The van der Waals surface area contributed by atoms with Crippen LogP contribution in [0.4, 0.5) is 0 Å². The van der Waals surface area contributed by atoms with E-state index in [1.807, 2.05) is 6.92 Å². The number of rotatable bonds is 4. The highest BCUT2D eigenvalue weighted by Crippen LogP contribution is 2.31. The third-order valence-corrected chi connectivity index (χ3v) is 3.80. The maximum atomic E-state index is 10.1. The topological polar surface area (TPSA) is 47.9 Å². The van der Waals surface area contributed by atoms with E-state index in [0.717, 1.165) is 25.7 Å². The molecule has 2 aliphatic rings. The van der Waals surface area contributed by atoms with Gasteiger partial charge in [0.15, 0.2) is 0 Å². The molecule has 0 spiro atoms. The van der Waals surface area contributed by atoms with E-state index in [4.69, 9.17) is 22.1 Å². The second-order valence-corrected chi connectivity index (χ2v) is 4.88. The van der Waals surface area contributed by atoms with Crippen LogP contribution in [0.1, 0.15) is 32.6 Å². The normalized spacial score (nSPS) is 46.5. The average Bonchev–Trinajstić information content (AvgIpc) is 2.88. The van der Waals surface area contributed by atoms with Crippen molar-refractivity contribution in [1.29, 1.82) is 0 Å². The highest BCUT2D eigenvalue weighted by Gasteiger charge is 2.43. The first-order valence-corrected chi connectivity index (χ1v) is 6.44. The molecule has 17 heavy (non-hydrogen) atoms. The lowest BCUT2D eigenvalue weighted by Gasteiger charge is -2.26. The van der Waals surface area contributed by atoms with E-state index in [1.165, 1.54) is 0 Å². The van der Waals surface area contributed by atoms with E-state index in [0.29, 0.717) is 0 Å². The van der Waals surface area contributed by atoms with Gasteiger partial charge in [0.2, 0.25) is 0 Å². The fourth-order valence-electron chi connectivity index (χ4n) is 2.78. The minimum atomic E-state index is -0.631. The zero-order chi connectivity index (χ0) is 12.4. The van der Waals surface area contributed by atoms with Crippen LogP contribution in [0.3, 0.4) is 0 Å². The predicted molar refractivity (Wildman–Crippen MR) is 64.0 cm³/mol. The molecule has 0 aromatic rings. The Hall–Kier alpha value is -0.0951. The van der Waals surface area contributed by atoms with Gasteiger partial charge in [-0.05, 0) is 25.7 Å². The summed E-state index contributed by atoms with van der Waals surface area (Å²) in [5, 5.41) is 10.1. The Morgan fingerprint density at radius 2 is 2.06 bits per heavy atom. The molecule has 0 bridgehead atoms. The lowest BCUT2D eigenvalue weighted by atomic mass is 9.92. The highest BCUT2D eigenvalue weighted by atomic mass is 16.6. The van der Waals surface area contributed by atoms with E-state index in [9.17, 15) is 5.11 Å². The molecule has 5 unspecified atom stereocenters. The molecule has 1 saturated carbocycles. The Bertz CT molecular complexity index is 251. The van der Waals surface area contributed by atoms with Crippen molar-refractivity contribution in [3.05, 3.63) is 0 Å². The molecular weight excluding hydrogens is 219 g/mol. The van der Waals surface area contributed by atoms with Crippen molar-refractivity contribution in [2.75, 3.05) is 7.11 Å². The summed E-state index contributed by atoms with van der Waals surface area (Å²) in [6.07, 6.45) is 2.70. The SMILES string of the molecule is [B]C1OC(CC)C(O)C1O[C@H]1CCCC1OC. The molecule has 0 aromatic carbocycles. The van der Waals surface area contributed by atoms with Crippen molar-refractivity contribution in [3.8, 4) is 0 Å². The fourth-order valence-corrected chi connectivity index (χ4v) is 2.78. The number of ether oxygens (including phenoxy) is 3. The van der Waals surface area contributed by atoms with Crippen LogP contribution < -0.4 is 0 Å². The van der Waals surface area contributed by atoms with Crippen LogP contribution in [0.15, 0.2) is 0 Å². The first-order chi connectivity index (χ1) is 8.17. The van der Waals surface area contributed by atoms with Gasteiger partial charge in [-0.15, -0.1) is 0 Å². The van der Waals surface area contributed by atoms with E-state index in [-0.39, 0.29) is 18.3 Å². The van der Waals surface area contributed by atoms with Crippen molar-refractivity contribution in [1.82, 2.24) is 0 Å². The maximum absolute atomic E-state index is 10.1. The molecule has 1 N–H and O–H groups in total. The Kier molecular flexibility index (Phi) is 4.47. The van der Waals surface area contributed by atoms with Crippen molar-refractivity contribution in [2.24, 2.45) is 0 Å². The van der Waals surface area contributed by atoms with Gasteiger partial charge < -0.3 is 19.3 Å². The standard InChI is InChI=1S/C12H21BO4/c1-3-7-10(14)11(12(13)17-7)16-9-6-4-5-8(9)15-2/h7-12,14H,3-6H2,1-2H3/t7?,8?,9-,10?,11?,12?/m0/s1. The van der Waals surface area contributed by atoms with Crippen molar-refractivity contribution in [3.63, 3.8) is 0 Å². The molecule has 1 aliphatic heterocycles. The van der Waals surface area contributed by atoms with E-state index in [2.05, 4.69) is 0 Å². The summed E-state index contributed by atoms with van der Waals surface area (Å²) in [7, 11) is 7.55. The fraction of sp³-hybridized carbons (Fsp3) is 1.00. The predicted octanol–water partition coefficient (Wildman–Crippen LogP) is 0.603. The van der Waals surface area contributed by atoms with Gasteiger partial charge in [0.1, 0.15) is 20.1 Å². The van der Waals surface area contributed by atoms with Gasteiger partial charge >= 0.3 is 0 Å². The molecule has 1 heterocycles. The Labute approximate surface area is 104 Å². The quantitative estimate of drug-likeness (QED) is 0.731. The number of methoxy groups -OCH3 is 1. The van der Waals surface area contributed by atoms with E-state index >= 15 is 0 Å². The molecule has 0 aromatic heterocycles. The lowest BCUT2D eigenvalue weighted by Crippen LogP contribution is -2.40. The van der Waals surface area contributed by atoms with Gasteiger partial charge in [0.25, 0.3) is 0 Å². The largest absolute Gasteiger partial charge is 0.388 e. The van der Waals surface area contributed by atoms with E-state index in [1.54, 1.807) is 7.11 Å². The number of aliphatic hydroxyl groups excluding tert-OH is 1. The monoisotopic (exact) mass is 240 g/mol. The van der Waals surface area contributed by atoms with Crippen molar-refractivity contribution in [2.45, 2.75) is 69.1 Å². The first kappa shape index (κ1) is 13.3. The Morgan fingerprint density at radius 3 is 2.65 bits per heavy atom. The number of hydrogen-bond acceptors (Lipinski definition) is 4. The molecule has 1 saturated heterocycles. The van der Waals surface area contributed by atoms with Crippen LogP contribution in [0, 0.1) is 0 Å². The first-order valence-electron chi connectivity index (χ1n) is 6.44. The minimum absolute atomic E-state index is 0.0323. The van der Waals surface area contributed by atoms with Crippen LogP contribution in [-0.2, 0) is 14.2 Å². The number of aliphatic hydroxyl groups is 1. The van der Waals surface area contributed by atoms with Gasteiger partial charge in [-0.25, -0.2) is 0 Å². The third kappa shape index (κ3) is 2.68. The van der Waals surface area contributed by atoms with Gasteiger partial charge in [-0.2, -0.15) is 0 Å². The second-order valence-electron chi connectivity index (χ2n) is 4.88. The molecule has 0 amide bonds. The van der Waals surface area contributed by atoms with Crippen LogP contribution in [0.5, 0.6) is 0 Å². The molecule has 2 rings (SSSR count). The Morgan fingerprint density at radius 1 is 1.35 bits per heavy atom. The van der Waals surface area contributed by atoms with E-state index < -0.39 is 18.2 Å². The van der Waals surface area contributed by atoms with Gasteiger partial charge in [0, 0.05) is 13.1 Å². The summed E-state index contributed by atoms with van der Waals surface area (Å²) in [6, 6.07) is -0.534. The molecule has 5 heteroatoms. The molecule has 4 nitrogen and oxygen atoms in total. The minimum Gasteiger partial charge on any atom is -0.388 e. The van der Waals surface area contributed by atoms with Crippen LogP contribution >= 0.6 is 0 Å². The van der Waals surface area contributed by atoms with Crippen molar-refractivity contribution >= 4 is 7.85 Å². The number of hydrogen-bond donors (Lipinski definition) is 1. The smallest absolute Gasteiger partial charge is 0.112 e. The third-order valence-electron chi connectivity index (χ3n) is 3.80. The Balaban J connectivity index is 1.94. The summed E-state index contributed by atoms with van der Waals surface area (Å²) in [4.78, 5) is 0. The molecule has 2 fully saturated rings. The maximum Gasteiger partial charge on any atom is 0.112 e. The van der Waals surface area contributed by atoms with Crippen LogP contribution in [-0.4, -0.2) is 56.6 Å². The van der Waals surface area contributed by atoms with Gasteiger partial charge in [0.05, 0.1) is 18.3 Å². The summed E-state index contributed by atoms with van der Waals surface area (Å²) in [5.41, 5.74) is 0. The summed E-state index contributed by atoms with van der Waals surface area (Å²) in [5.74, 6) is 0. The molecule has 1 aliphatic carbocycles. The summed E-state index contributed by atoms with van der Waals surface area (Å²) in [6.45, 7) is 1.97. The van der Waals surface area contributed by atoms with Crippen LogP contribution in [0.25, 0.3) is 0 Å². The van der Waals surface area contributed by atoms with Crippen LogP contribution in [0.2, 0.25) is 0 Å². The average molecular weight is 240 g/mol. The second kappa shape index (κ2) is 5.70.